The molecule has 0 saturated carbocycles. The summed E-state index contributed by atoms with van der Waals surface area (Å²) in [6.07, 6.45) is -10.5. The molecule has 2 aliphatic heterocycles. The molecule has 0 aliphatic carbocycles. The Balaban J connectivity index is 1.61. The van der Waals surface area contributed by atoms with Crippen molar-refractivity contribution in [3.8, 4) is 0 Å². The standard InChI is InChI=1S/C29H35NO11/c1-17(31)39-26-24(38-16-19-11-7-4-8-12-19)22(32)25(27(33)34)41-29(26)40-20-13-14-36-28(35)21(30-2)23(20)37-15-18-9-5-3-6-10-18/h3-12,20-26,28-29,32,35H,2,13-16H2,1H3,(H,33,34)/t20-,21?,22-,23?,24?,25?,26?,28+,29-/m1/s1. The monoisotopic (exact) mass is 573 g/mol. The Bertz CT molecular complexity index is 1130. The van der Waals surface area contributed by atoms with E-state index in [9.17, 15) is 24.9 Å². The van der Waals surface area contributed by atoms with Crippen molar-refractivity contribution in [2.75, 3.05) is 6.61 Å². The van der Waals surface area contributed by atoms with Crippen LogP contribution in [0.25, 0.3) is 0 Å². The van der Waals surface area contributed by atoms with Gasteiger partial charge in [-0.2, -0.15) is 0 Å². The van der Waals surface area contributed by atoms with Gasteiger partial charge in [0.15, 0.2) is 24.8 Å². The zero-order chi connectivity index (χ0) is 29.4. The van der Waals surface area contributed by atoms with Gasteiger partial charge < -0.3 is 43.7 Å². The number of benzene rings is 2. The van der Waals surface area contributed by atoms with Crippen molar-refractivity contribution in [3.05, 3.63) is 71.8 Å². The summed E-state index contributed by atoms with van der Waals surface area (Å²) >= 11 is 0. The van der Waals surface area contributed by atoms with Crippen LogP contribution in [-0.2, 0) is 51.2 Å². The van der Waals surface area contributed by atoms with Crippen LogP contribution in [0.2, 0.25) is 0 Å². The van der Waals surface area contributed by atoms with Gasteiger partial charge in [0.1, 0.15) is 24.4 Å². The summed E-state index contributed by atoms with van der Waals surface area (Å²) in [7, 11) is 0. The largest absolute Gasteiger partial charge is 0.479 e. The number of aliphatic carboxylic acids is 1. The number of ether oxygens (including phenoxy) is 6. The normalized spacial score (nSPS) is 32.0. The van der Waals surface area contributed by atoms with Gasteiger partial charge in [0.25, 0.3) is 0 Å². The molecule has 2 aromatic carbocycles. The number of aliphatic hydroxyl groups excluding tert-OH is 2. The average Bonchev–Trinajstić information content (AvgIpc) is 3.10. The van der Waals surface area contributed by atoms with E-state index in [0.717, 1.165) is 11.1 Å². The summed E-state index contributed by atoms with van der Waals surface area (Å²) in [5, 5.41) is 31.3. The molecule has 2 fully saturated rings. The van der Waals surface area contributed by atoms with E-state index >= 15 is 0 Å². The van der Waals surface area contributed by atoms with E-state index < -0.39 is 67.2 Å². The first-order chi connectivity index (χ1) is 19.8. The van der Waals surface area contributed by atoms with Crippen LogP contribution in [-0.4, -0.2) is 95.8 Å². The van der Waals surface area contributed by atoms with Crippen LogP contribution in [0.3, 0.4) is 0 Å². The molecular weight excluding hydrogens is 538 g/mol. The lowest BCUT2D eigenvalue weighted by Gasteiger charge is -2.44. The van der Waals surface area contributed by atoms with Crippen LogP contribution in [0, 0.1) is 0 Å². The molecule has 3 N–H and O–H groups in total. The van der Waals surface area contributed by atoms with Gasteiger partial charge in [0.05, 0.1) is 25.9 Å². The summed E-state index contributed by atoms with van der Waals surface area (Å²) in [5.41, 5.74) is 1.60. The highest BCUT2D eigenvalue weighted by Crippen LogP contribution is 2.32. The number of nitrogens with zero attached hydrogens (tertiary/aromatic N) is 1. The maximum Gasteiger partial charge on any atom is 0.335 e. The van der Waals surface area contributed by atoms with E-state index in [0.29, 0.717) is 0 Å². The maximum absolute atomic E-state index is 12.1. The van der Waals surface area contributed by atoms with Crippen LogP contribution in [0.5, 0.6) is 0 Å². The van der Waals surface area contributed by atoms with Crippen LogP contribution < -0.4 is 0 Å². The molecule has 12 heteroatoms. The first-order valence-corrected chi connectivity index (χ1v) is 13.2. The highest BCUT2D eigenvalue weighted by Gasteiger charge is 2.53. The third kappa shape index (κ3) is 7.95. The van der Waals surface area contributed by atoms with Crippen LogP contribution in [0.4, 0.5) is 0 Å². The van der Waals surface area contributed by atoms with E-state index in [1.807, 2.05) is 36.4 Å². The molecule has 12 nitrogen and oxygen atoms in total. The lowest BCUT2D eigenvalue weighted by molar-refractivity contribution is -0.321. The molecule has 2 aliphatic rings. The second-order valence-corrected chi connectivity index (χ2v) is 9.75. The summed E-state index contributed by atoms with van der Waals surface area (Å²) in [6.45, 7) is 4.92. The number of hydrogen-bond donors (Lipinski definition) is 3. The number of carbonyl (C=O) groups excluding carboxylic acids is 1. The summed E-state index contributed by atoms with van der Waals surface area (Å²) in [5.74, 6) is -2.17. The smallest absolute Gasteiger partial charge is 0.335 e. The SMILES string of the molecule is C=NC1C(OCc2ccccc2)[C@H](O[C@@H]2OC(C(=O)O)[C@H](O)C(OCc3ccccc3)C2OC(C)=O)CCO[C@@H]1O. The van der Waals surface area contributed by atoms with Gasteiger partial charge in [-0.3, -0.25) is 9.79 Å². The maximum atomic E-state index is 12.1. The van der Waals surface area contributed by atoms with Crippen LogP contribution in [0.1, 0.15) is 24.5 Å². The molecule has 2 aromatic rings. The van der Waals surface area contributed by atoms with Gasteiger partial charge in [-0.15, -0.1) is 0 Å². The predicted octanol–water partition coefficient (Wildman–Crippen LogP) is 1.45. The Morgan fingerprint density at radius 3 is 2.07 bits per heavy atom. The van der Waals surface area contributed by atoms with Gasteiger partial charge in [-0.25, -0.2) is 4.79 Å². The number of aliphatic hydroxyl groups is 2. The molecule has 9 atom stereocenters. The zero-order valence-electron chi connectivity index (χ0n) is 22.6. The number of carbonyl (C=O) groups is 2. The first-order valence-electron chi connectivity index (χ1n) is 13.2. The van der Waals surface area contributed by atoms with E-state index in [1.165, 1.54) is 6.92 Å². The molecule has 2 saturated heterocycles. The molecule has 2 heterocycles. The highest BCUT2D eigenvalue weighted by atomic mass is 16.7. The Morgan fingerprint density at radius 1 is 0.951 bits per heavy atom. The molecular formula is C29H35NO11. The quantitative estimate of drug-likeness (QED) is 0.263. The second-order valence-electron chi connectivity index (χ2n) is 9.75. The zero-order valence-corrected chi connectivity index (χ0v) is 22.6. The number of rotatable bonds is 11. The van der Waals surface area contributed by atoms with Crippen LogP contribution in [0.15, 0.2) is 65.7 Å². The number of carboxylic acid groups (broad SMARTS) is 1. The lowest BCUT2D eigenvalue weighted by Crippen LogP contribution is -2.63. The molecule has 0 amide bonds. The Kier molecular flexibility index (Phi) is 10.9. The Morgan fingerprint density at radius 2 is 1.54 bits per heavy atom. The molecule has 0 radical (unpaired) electrons. The topological polar surface area (TPSA) is 163 Å². The van der Waals surface area contributed by atoms with Crippen molar-refractivity contribution in [1.29, 1.82) is 0 Å². The van der Waals surface area contributed by atoms with Gasteiger partial charge in [-0.1, -0.05) is 60.7 Å². The van der Waals surface area contributed by atoms with Crippen LogP contribution >= 0.6 is 0 Å². The summed E-state index contributed by atoms with van der Waals surface area (Å²) in [6, 6.07) is 17.4. The Hall–Kier alpha value is -3.23. The van der Waals surface area contributed by atoms with Gasteiger partial charge >= 0.3 is 11.9 Å². The predicted molar refractivity (Wildman–Crippen MR) is 143 cm³/mol. The van der Waals surface area contributed by atoms with Gasteiger partial charge in [-0.05, 0) is 24.3 Å². The minimum Gasteiger partial charge on any atom is -0.479 e. The van der Waals surface area contributed by atoms with E-state index in [4.69, 9.17) is 28.4 Å². The van der Waals surface area contributed by atoms with E-state index in [1.54, 1.807) is 24.3 Å². The average molecular weight is 574 g/mol. The van der Waals surface area contributed by atoms with Gasteiger partial charge in [0.2, 0.25) is 0 Å². The highest BCUT2D eigenvalue weighted by molar-refractivity contribution is 5.73. The van der Waals surface area contributed by atoms with Crippen molar-refractivity contribution < 1.29 is 53.3 Å². The minimum absolute atomic E-state index is 0.00583. The van der Waals surface area contributed by atoms with E-state index in [-0.39, 0.29) is 26.2 Å². The third-order valence-electron chi connectivity index (χ3n) is 6.84. The second kappa shape index (κ2) is 14.6. The Labute approximate surface area is 237 Å². The van der Waals surface area contributed by atoms with Gasteiger partial charge in [0, 0.05) is 6.92 Å². The molecule has 0 bridgehead atoms. The number of hydrogen-bond acceptors (Lipinski definition) is 11. The summed E-state index contributed by atoms with van der Waals surface area (Å²) in [4.78, 5) is 28.2. The molecule has 4 rings (SSSR count). The molecule has 0 spiro atoms. The number of aliphatic imine (C=N–C) groups is 1. The number of esters is 1. The van der Waals surface area contributed by atoms with Crippen molar-refractivity contribution >= 4 is 18.7 Å². The molecule has 5 unspecified atom stereocenters. The fourth-order valence-electron chi connectivity index (χ4n) is 4.85. The fraction of sp³-hybridized carbons (Fsp3) is 0.483. The van der Waals surface area contributed by atoms with Crippen molar-refractivity contribution in [2.24, 2.45) is 4.99 Å². The van der Waals surface area contributed by atoms with Crippen molar-refractivity contribution in [2.45, 2.75) is 81.8 Å². The third-order valence-corrected chi connectivity index (χ3v) is 6.84. The van der Waals surface area contributed by atoms with Crippen molar-refractivity contribution in [1.82, 2.24) is 0 Å². The fourth-order valence-corrected chi connectivity index (χ4v) is 4.85. The molecule has 222 valence electrons. The minimum atomic E-state index is -1.75. The summed E-state index contributed by atoms with van der Waals surface area (Å²) < 4.78 is 35.0. The molecule has 0 aromatic heterocycles. The lowest BCUT2D eigenvalue weighted by atomic mass is 9.97. The first kappa shape index (κ1) is 30.7. The van der Waals surface area contributed by atoms with E-state index in [2.05, 4.69) is 11.7 Å². The van der Waals surface area contributed by atoms with Crippen molar-refractivity contribution in [3.63, 3.8) is 0 Å². The number of carboxylic acids is 1. The molecule has 41 heavy (non-hydrogen) atoms.